The van der Waals surface area contributed by atoms with Crippen LogP contribution in [0, 0.1) is 0 Å². The molecule has 1 heterocycles. The first kappa shape index (κ1) is 7.88. The third kappa shape index (κ3) is 1.70. The van der Waals surface area contributed by atoms with Crippen molar-refractivity contribution in [2.45, 2.75) is 6.29 Å². The van der Waals surface area contributed by atoms with Crippen LogP contribution in [0.4, 0.5) is 0 Å². The van der Waals surface area contributed by atoms with Crippen molar-refractivity contribution < 1.29 is 0 Å². The number of rotatable bonds is 1. The molecule has 1 aliphatic rings. The van der Waals surface area contributed by atoms with Crippen molar-refractivity contribution in [3.8, 4) is 0 Å². The highest BCUT2D eigenvalue weighted by molar-refractivity contribution is 5.99. The normalized spacial score (nSPS) is 20.7. The summed E-state index contributed by atoms with van der Waals surface area (Å²) in [5, 5.41) is 11.6. The standard InChI is InChI=1S/C8H9N5/c9-8-12-10-7(11-13-8)6-4-2-1-3-5-6/h1-5,8,12H,9H2. The Kier molecular flexibility index (Phi) is 2.01. The largest absolute Gasteiger partial charge is 0.290 e. The number of nitrogens with zero attached hydrogens (tertiary/aromatic N) is 3. The number of azo groups is 1. The predicted molar refractivity (Wildman–Crippen MR) is 48.9 cm³/mol. The molecule has 66 valence electrons. The lowest BCUT2D eigenvalue weighted by molar-refractivity contribution is 0.535. The van der Waals surface area contributed by atoms with Crippen LogP contribution in [0.2, 0.25) is 0 Å². The minimum Gasteiger partial charge on any atom is -0.290 e. The van der Waals surface area contributed by atoms with Gasteiger partial charge in [0.2, 0.25) is 12.1 Å². The topological polar surface area (TPSA) is 75.1 Å². The molecule has 0 amide bonds. The van der Waals surface area contributed by atoms with E-state index >= 15 is 0 Å². The molecule has 0 aromatic heterocycles. The minimum atomic E-state index is -0.521. The number of nitrogens with two attached hydrogens (primary N) is 1. The summed E-state index contributed by atoms with van der Waals surface area (Å²) >= 11 is 0. The molecule has 0 saturated carbocycles. The van der Waals surface area contributed by atoms with Crippen molar-refractivity contribution in [2.75, 3.05) is 0 Å². The molecule has 1 aromatic rings. The molecule has 0 bridgehead atoms. The van der Waals surface area contributed by atoms with Crippen molar-refractivity contribution in [2.24, 2.45) is 21.1 Å². The van der Waals surface area contributed by atoms with Gasteiger partial charge < -0.3 is 0 Å². The maximum absolute atomic E-state index is 5.40. The van der Waals surface area contributed by atoms with Gasteiger partial charge in [-0.3, -0.25) is 11.2 Å². The molecule has 2 rings (SSSR count). The van der Waals surface area contributed by atoms with Gasteiger partial charge in [-0.05, 0) is 0 Å². The first-order valence-electron chi connectivity index (χ1n) is 3.91. The Hall–Kier alpha value is -1.75. The Morgan fingerprint density at radius 1 is 1.23 bits per heavy atom. The van der Waals surface area contributed by atoms with Gasteiger partial charge in [0, 0.05) is 5.56 Å². The number of hydrogen-bond donors (Lipinski definition) is 2. The average Bonchev–Trinajstić information content (AvgIpc) is 2.20. The molecule has 1 aromatic carbocycles. The molecule has 0 spiro atoms. The molecular formula is C8H9N5. The van der Waals surface area contributed by atoms with Crippen molar-refractivity contribution in [1.82, 2.24) is 5.43 Å². The molecule has 1 atom stereocenters. The number of amidine groups is 1. The third-order valence-electron chi connectivity index (χ3n) is 1.61. The van der Waals surface area contributed by atoms with Gasteiger partial charge >= 0.3 is 0 Å². The zero-order valence-electron chi connectivity index (χ0n) is 6.88. The van der Waals surface area contributed by atoms with Gasteiger partial charge in [0.15, 0.2) is 0 Å². The van der Waals surface area contributed by atoms with Crippen molar-refractivity contribution in [3.05, 3.63) is 35.9 Å². The lowest BCUT2D eigenvalue weighted by atomic mass is 10.2. The van der Waals surface area contributed by atoms with E-state index in [0.29, 0.717) is 5.84 Å². The van der Waals surface area contributed by atoms with E-state index in [1.165, 1.54) is 0 Å². The van der Waals surface area contributed by atoms with Crippen LogP contribution in [0.25, 0.3) is 0 Å². The highest BCUT2D eigenvalue weighted by atomic mass is 15.5. The van der Waals surface area contributed by atoms with Crippen LogP contribution in [-0.2, 0) is 0 Å². The van der Waals surface area contributed by atoms with Crippen LogP contribution in [0.3, 0.4) is 0 Å². The van der Waals surface area contributed by atoms with Gasteiger partial charge in [0.1, 0.15) is 0 Å². The van der Waals surface area contributed by atoms with Crippen LogP contribution in [0.5, 0.6) is 0 Å². The van der Waals surface area contributed by atoms with E-state index in [1.54, 1.807) is 0 Å². The molecule has 5 heteroatoms. The molecule has 1 unspecified atom stereocenters. The Morgan fingerprint density at radius 2 is 2.00 bits per heavy atom. The summed E-state index contributed by atoms with van der Waals surface area (Å²) in [4.78, 5) is 0. The summed E-state index contributed by atoms with van der Waals surface area (Å²) < 4.78 is 0. The van der Waals surface area contributed by atoms with Crippen LogP contribution in [-0.4, -0.2) is 12.1 Å². The van der Waals surface area contributed by atoms with Crippen LogP contribution >= 0.6 is 0 Å². The van der Waals surface area contributed by atoms with E-state index < -0.39 is 6.29 Å². The molecule has 13 heavy (non-hydrogen) atoms. The van der Waals surface area contributed by atoms with E-state index in [1.807, 2.05) is 30.3 Å². The highest BCUT2D eigenvalue weighted by Crippen LogP contribution is 2.04. The third-order valence-corrected chi connectivity index (χ3v) is 1.61. The van der Waals surface area contributed by atoms with Crippen LogP contribution < -0.4 is 11.2 Å². The van der Waals surface area contributed by atoms with Gasteiger partial charge in [0.25, 0.3) is 0 Å². The highest BCUT2D eigenvalue weighted by Gasteiger charge is 2.07. The summed E-state index contributed by atoms with van der Waals surface area (Å²) in [7, 11) is 0. The predicted octanol–water partition coefficient (Wildman–Crippen LogP) is 0.646. The number of hydrogen-bond acceptors (Lipinski definition) is 5. The number of nitrogens with one attached hydrogen (secondary N) is 1. The van der Waals surface area contributed by atoms with Crippen molar-refractivity contribution in [3.63, 3.8) is 0 Å². The quantitative estimate of drug-likeness (QED) is 0.657. The zero-order valence-corrected chi connectivity index (χ0v) is 6.88. The van der Waals surface area contributed by atoms with Gasteiger partial charge in [-0.1, -0.05) is 30.3 Å². The number of benzene rings is 1. The monoisotopic (exact) mass is 175 g/mol. The van der Waals surface area contributed by atoms with Gasteiger partial charge in [-0.2, -0.15) is 5.10 Å². The maximum Gasteiger partial charge on any atom is 0.206 e. The summed E-state index contributed by atoms with van der Waals surface area (Å²) in [6, 6.07) is 9.60. The lowest BCUT2D eigenvalue weighted by Crippen LogP contribution is -2.34. The van der Waals surface area contributed by atoms with E-state index in [9.17, 15) is 0 Å². The summed E-state index contributed by atoms with van der Waals surface area (Å²) in [5.74, 6) is 0.558. The van der Waals surface area contributed by atoms with E-state index in [0.717, 1.165) is 5.56 Å². The molecule has 3 N–H and O–H groups in total. The SMILES string of the molecule is NC1N=NC(c2ccccc2)=NN1. The Morgan fingerprint density at radius 3 is 2.62 bits per heavy atom. The fourth-order valence-electron chi connectivity index (χ4n) is 1.00. The second kappa shape index (κ2) is 3.32. The first-order valence-corrected chi connectivity index (χ1v) is 3.91. The zero-order chi connectivity index (χ0) is 9.10. The molecule has 0 fully saturated rings. The molecule has 5 nitrogen and oxygen atoms in total. The summed E-state index contributed by atoms with van der Waals surface area (Å²) in [6.07, 6.45) is -0.521. The molecule has 0 saturated heterocycles. The Balaban J connectivity index is 2.25. The second-order valence-corrected chi connectivity index (χ2v) is 2.59. The van der Waals surface area contributed by atoms with Gasteiger partial charge in [-0.15, -0.1) is 10.2 Å². The Labute approximate surface area is 75.4 Å². The minimum absolute atomic E-state index is 0.521. The molecule has 0 aliphatic carbocycles. The van der Waals surface area contributed by atoms with E-state index in [-0.39, 0.29) is 0 Å². The van der Waals surface area contributed by atoms with E-state index in [2.05, 4.69) is 20.8 Å². The van der Waals surface area contributed by atoms with Crippen molar-refractivity contribution in [1.29, 1.82) is 0 Å². The van der Waals surface area contributed by atoms with E-state index in [4.69, 9.17) is 5.73 Å². The van der Waals surface area contributed by atoms with Gasteiger partial charge in [0.05, 0.1) is 0 Å². The van der Waals surface area contributed by atoms with Crippen molar-refractivity contribution >= 4 is 5.84 Å². The maximum atomic E-state index is 5.40. The van der Waals surface area contributed by atoms with Crippen LogP contribution in [0.1, 0.15) is 5.56 Å². The Bertz CT molecular complexity index is 343. The first-order chi connectivity index (χ1) is 6.36. The lowest BCUT2D eigenvalue weighted by Gasteiger charge is -2.10. The smallest absolute Gasteiger partial charge is 0.206 e. The summed E-state index contributed by atoms with van der Waals surface area (Å²) in [5.41, 5.74) is 8.95. The van der Waals surface area contributed by atoms with Crippen LogP contribution in [0.15, 0.2) is 45.7 Å². The van der Waals surface area contributed by atoms with Gasteiger partial charge in [-0.25, -0.2) is 0 Å². The fraction of sp³-hybridized carbons (Fsp3) is 0.125. The molecule has 0 radical (unpaired) electrons. The number of hydrazone groups is 1. The molecular weight excluding hydrogens is 166 g/mol. The fourth-order valence-corrected chi connectivity index (χ4v) is 1.00. The molecule has 1 aliphatic heterocycles. The average molecular weight is 175 g/mol. The second-order valence-electron chi connectivity index (χ2n) is 2.59. The summed E-state index contributed by atoms with van der Waals surface area (Å²) in [6.45, 7) is 0.